The number of aromatic nitrogens is 1. The van der Waals surface area contributed by atoms with Gasteiger partial charge in [0, 0.05) is 13.1 Å². The number of carboxylic acids is 1. The number of nitrogens with two attached hydrogens (primary N) is 1. The minimum atomic E-state index is -1.04. The molecular formula is C11H17N3O2. The first kappa shape index (κ1) is 12.3. The molecule has 0 aromatic carbocycles. The highest BCUT2D eigenvalue weighted by molar-refractivity contribution is 5.86. The number of nitrogen functional groups attached to an aromatic ring is 1. The van der Waals surface area contributed by atoms with E-state index in [0.717, 1.165) is 6.42 Å². The Morgan fingerprint density at radius 1 is 1.62 bits per heavy atom. The molecule has 0 amide bonds. The molecule has 16 heavy (non-hydrogen) atoms. The van der Waals surface area contributed by atoms with Crippen LogP contribution in [0.5, 0.6) is 0 Å². The van der Waals surface area contributed by atoms with Gasteiger partial charge in [0.25, 0.3) is 0 Å². The van der Waals surface area contributed by atoms with Crippen LogP contribution in [0.25, 0.3) is 0 Å². The van der Waals surface area contributed by atoms with Crippen LogP contribution < -0.4 is 10.6 Å². The Labute approximate surface area is 94.9 Å². The van der Waals surface area contributed by atoms with Crippen molar-refractivity contribution in [2.24, 2.45) is 0 Å². The van der Waals surface area contributed by atoms with Crippen LogP contribution in [0.3, 0.4) is 0 Å². The van der Waals surface area contributed by atoms with Crippen LogP contribution >= 0.6 is 0 Å². The van der Waals surface area contributed by atoms with Gasteiger partial charge in [0.15, 0.2) is 11.5 Å². The van der Waals surface area contributed by atoms with Crippen LogP contribution in [0, 0.1) is 0 Å². The highest BCUT2D eigenvalue weighted by atomic mass is 16.4. The standard InChI is InChI=1S/C11H17N3O2/c1-4-7(2)14(3)10-8(12)5-6-9(13-10)11(15)16/h5-7H,4,12H2,1-3H3,(H,15,16). The third-order valence-electron chi connectivity index (χ3n) is 2.71. The Hall–Kier alpha value is -1.78. The van der Waals surface area contributed by atoms with Gasteiger partial charge in [-0.05, 0) is 25.5 Å². The van der Waals surface area contributed by atoms with Crippen LogP contribution in [0.1, 0.15) is 30.8 Å². The molecule has 5 nitrogen and oxygen atoms in total. The topological polar surface area (TPSA) is 79.5 Å². The molecule has 0 saturated carbocycles. The largest absolute Gasteiger partial charge is 0.477 e. The molecule has 0 bridgehead atoms. The summed E-state index contributed by atoms with van der Waals surface area (Å²) in [4.78, 5) is 16.7. The lowest BCUT2D eigenvalue weighted by atomic mass is 10.2. The molecule has 1 heterocycles. The molecular weight excluding hydrogens is 206 g/mol. The van der Waals surface area contributed by atoms with E-state index in [1.807, 2.05) is 18.9 Å². The van der Waals surface area contributed by atoms with E-state index < -0.39 is 5.97 Å². The molecule has 0 saturated heterocycles. The summed E-state index contributed by atoms with van der Waals surface area (Å²) in [7, 11) is 1.86. The molecule has 0 aliphatic carbocycles. The van der Waals surface area contributed by atoms with E-state index in [2.05, 4.69) is 11.9 Å². The summed E-state index contributed by atoms with van der Waals surface area (Å²) in [6.45, 7) is 4.09. The van der Waals surface area contributed by atoms with E-state index in [0.29, 0.717) is 11.5 Å². The number of hydrogen-bond donors (Lipinski definition) is 2. The Morgan fingerprint density at radius 3 is 2.75 bits per heavy atom. The van der Waals surface area contributed by atoms with Crippen molar-refractivity contribution in [3.63, 3.8) is 0 Å². The van der Waals surface area contributed by atoms with Gasteiger partial charge in [-0.15, -0.1) is 0 Å². The van der Waals surface area contributed by atoms with Gasteiger partial charge < -0.3 is 15.7 Å². The van der Waals surface area contributed by atoms with Crippen LogP contribution in [-0.2, 0) is 0 Å². The predicted molar refractivity (Wildman–Crippen MR) is 63.8 cm³/mol. The molecule has 1 aromatic rings. The molecule has 0 fully saturated rings. The molecule has 1 rings (SSSR count). The normalized spacial score (nSPS) is 12.2. The quantitative estimate of drug-likeness (QED) is 0.810. The minimum absolute atomic E-state index is 0.0133. The van der Waals surface area contributed by atoms with Gasteiger partial charge >= 0.3 is 5.97 Å². The summed E-state index contributed by atoms with van der Waals surface area (Å²) in [6.07, 6.45) is 0.939. The van der Waals surface area contributed by atoms with E-state index in [1.54, 1.807) is 6.07 Å². The van der Waals surface area contributed by atoms with Gasteiger partial charge in [-0.3, -0.25) is 0 Å². The molecule has 3 N–H and O–H groups in total. The SMILES string of the molecule is CCC(C)N(C)c1nc(C(=O)O)ccc1N. The zero-order chi connectivity index (χ0) is 12.3. The molecule has 5 heteroatoms. The second kappa shape index (κ2) is 4.83. The highest BCUT2D eigenvalue weighted by Gasteiger charge is 2.15. The summed E-state index contributed by atoms with van der Waals surface area (Å²) < 4.78 is 0. The number of aromatic carboxylic acids is 1. The van der Waals surface area contributed by atoms with E-state index in [9.17, 15) is 4.79 Å². The van der Waals surface area contributed by atoms with E-state index in [-0.39, 0.29) is 11.7 Å². The second-order valence-corrected chi connectivity index (χ2v) is 3.78. The fourth-order valence-electron chi connectivity index (χ4n) is 1.34. The zero-order valence-electron chi connectivity index (χ0n) is 9.77. The van der Waals surface area contributed by atoms with Crippen LogP contribution in [0.2, 0.25) is 0 Å². The van der Waals surface area contributed by atoms with Crippen molar-refractivity contribution in [1.82, 2.24) is 4.98 Å². The third kappa shape index (κ3) is 2.42. The van der Waals surface area contributed by atoms with Crippen LogP contribution in [-0.4, -0.2) is 29.1 Å². The lowest BCUT2D eigenvalue weighted by Gasteiger charge is -2.26. The number of rotatable bonds is 4. The first-order chi connectivity index (χ1) is 7.47. The Morgan fingerprint density at radius 2 is 2.25 bits per heavy atom. The lowest BCUT2D eigenvalue weighted by Crippen LogP contribution is -2.30. The number of pyridine rings is 1. The molecule has 1 unspecified atom stereocenters. The van der Waals surface area contributed by atoms with Crippen LogP contribution in [0.15, 0.2) is 12.1 Å². The van der Waals surface area contributed by atoms with Crippen molar-refractivity contribution in [3.8, 4) is 0 Å². The van der Waals surface area contributed by atoms with Crippen molar-refractivity contribution in [1.29, 1.82) is 0 Å². The van der Waals surface area contributed by atoms with Crippen molar-refractivity contribution in [2.75, 3.05) is 17.7 Å². The number of anilines is 2. The molecule has 0 aliphatic heterocycles. The number of hydrogen-bond acceptors (Lipinski definition) is 4. The van der Waals surface area contributed by atoms with Crippen molar-refractivity contribution >= 4 is 17.5 Å². The van der Waals surface area contributed by atoms with E-state index >= 15 is 0 Å². The first-order valence-electron chi connectivity index (χ1n) is 5.20. The average molecular weight is 223 g/mol. The molecule has 1 atom stereocenters. The summed E-state index contributed by atoms with van der Waals surface area (Å²) in [5.74, 6) is -0.520. The monoisotopic (exact) mass is 223 g/mol. The van der Waals surface area contributed by atoms with Gasteiger partial charge in [0.1, 0.15) is 0 Å². The summed E-state index contributed by atoms with van der Waals surface area (Å²) in [5.41, 5.74) is 6.29. The van der Waals surface area contributed by atoms with Crippen molar-refractivity contribution in [3.05, 3.63) is 17.8 Å². The van der Waals surface area contributed by atoms with Crippen LogP contribution in [0.4, 0.5) is 11.5 Å². The highest BCUT2D eigenvalue weighted by Crippen LogP contribution is 2.22. The van der Waals surface area contributed by atoms with Crippen molar-refractivity contribution in [2.45, 2.75) is 26.3 Å². The first-order valence-corrected chi connectivity index (χ1v) is 5.20. The third-order valence-corrected chi connectivity index (χ3v) is 2.71. The summed E-state index contributed by atoms with van der Waals surface area (Å²) >= 11 is 0. The summed E-state index contributed by atoms with van der Waals surface area (Å²) in [5, 5.41) is 8.86. The maximum absolute atomic E-state index is 10.8. The van der Waals surface area contributed by atoms with Gasteiger partial charge in [-0.2, -0.15) is 0 Å². The summed E-state index contributed by atoms with van der Waals surface area (Å²) in [6, 6.07) is 3.25. The lowest BCUT2D eigenvalue weighted by molar-refractivity contribution is 0.0690. The fraction of sp³-hybridized carbons (Fsp3) is 0.455. The number of carbonyl (C=O) groups is 1. The maximum atomic E-state index is 10.8. The number of carboxylic acid groups (broad SMARTS) is 1. The van der Waals surface area contributed by atoms with Crippen molar-refractivity contribution < 1.29 is 9.90 Å². The van der Waals surface area contributed by atoms with E-state index in [4.69, 9.17) is 10.8 Å². The minimum Gasteiger partial charge on any atom is -0.477 e. The zero-order valence-corrected chi connectivity index (χ0v) is 9.77. The predicted octanol–water partition coefficient (Wildman–Crippen LogP) is 1.60. The maximum Gasteiger partial charge on any atom is 0.354 e. The average Bonchev–Trinajstić information content (AvgIpc) is 2.27. The van der Waals surface area contributed by atoms with Gasteiger partial charge in [0.05, 0.1) is 5.69 Å². The molecule has 0 radical (unpaired) electrons. The molecule has 0 spiro atoms. The Kier molecular flexibility index (Phi) is 3.71. The Bertz CT molecular complexity index is 393. The second-order valence-electron chi connectivity index (χ2n) is 3.78. The molecule has 88 valence electrons. The smallest absolute Gasteiger partial charge is 0.354 e. The molecule has 0 aliphatic rings. The Balaban J connectivity index is 3.11. The van der Waals surface area contributed by atoms with Gasteiger partial charge in [0.2, 0.25) is 0 Å². The fourth-order valence-corrected chi connectivity index (χ4v) is 1.34. The number of nitrogens with zero attached hydrogens (tertiary/aromatic N) is 2. The van der Waals surface area contributed by atoms with Gasteiger partial charge in [-0.1, -0.05) is 6.92 Å². The van der Waals surface area contributed by atoms with Gasteiger partial charge in [-0.25, -0.2) is 9.78 Å². The molecule has 1 aromatic heterocycles. The van der Waals surface area contributed by atoms with E-state index in [1.165, 1.54) is 6.07 Å².